The molecule has 0 bridgehead atoms. The zero-order valence-corrected chi connectivity index (χ0v) is 17.6. The maximum absolute atomic E-state index is 13.8. The van der Waals surface area contributed by atoms with Crippen LogP contribution < -0.4 is 14.9 Å². The third kappa shape index (κ3) is 4.88. The minimum Gasteiger partial charge on any atom is -0.497 e. The molecule has 0 saturated carbocycles. The van der Waals surface area contributed by atoms with Crippen LogP contribution in [0.1, 0.15) is 26.3 Å². The van der Waals surface area contributed by atoms with Crippen molar-refractivity contribution in [2.75, 3.05) is 7.11 Å². The monoisotopic (exact) mass is 442 g/mol. The fourth-order valence-corrected chi connectivity index (χ4v) is 3.24. The molecule has 0 radical (unpaired) electrons. The molecule has 0 spiro atoms. The predicted molar refractivity (Wildman–Crippen MR) is 123 cm³/mol. The van der Waals surface area contributed by atoms with Crippen LogP contribution in [-0.2, 0) is 0 Å². The molecular formula is C26H19FN2O4. The van der Waals surface area contributed by atoms with Crippen molar-refractivity contribution >= 4 is 28.9 Å². The van der Waals surface area contributed by atoms with Crippen LogP contribution in [-0.4, -0.2) is 25.2 Å². The molecule has 6 nitrogen and oxygen atoms in total. The quantitative estimate of drug-likeness (QED) is 0.198. The van der Waals surface area contributed by atoms with Gasteiger partial charge in [-0.2, -0.15) is 5.10 Å². The van der Waals surface area contributed by atoms with Gasteiger partial charge < -0.3 is 9.47 Å². The molecule has 0 saturated heterocycles. The highest BCUT2D eigenvalue weighted by atomic mass is 19.1. The summed E-state index contributed by atoms with van der Waals surface area (Å²) in [6.07, 6.45) is 1.37. The number of hydrazone groups is 1. The second kappa shape index (κ2) is 9.74. The highest BCUT2D eigenvalue weighted by Gasteiger charge is 2.14. The van der Waals surface area contributed by atoms with Crippen LogP contribution in [0.5, 0.6) is 11.5 Å². The summed E-state index contributed by atoms with van der Waals surface area (Å²) < 4.78 is 24.6. The smallest absolute Gasteiger partial charge is 0.343 e. The van der Waals surface area contributed by atoms with Crippen molar-refractivity contribution in [3.05, 3.63) is 107 Å². The van der Waals surface area contributed by atoms with Gasteiger partial charge >= 0.3 is 5.97 Å². The second-order valence-electron chi connectivity index (χ2n) is 7.00. The van der Waals surface area contributed by atoms with Gasteiger partial charge in [0.2, 0.25) is 0 Å². The summed E-state index contributed by atoms with van der Waals surface area (Å²) in [5, 5.41) is 5.63. The molecule has 4 aromatic carbocycles. The average molecular weight is 442 g/mol. The Balaban J connectivity index is 1.62. The zero-order chi connectivity index (χ0) is 23.2. The Morgan fingerprint density at radius 1 is 0.909 bits per heavy atom. The van der Waals surface area contributed by atoms with E-state index in [4.69, 9.17) is 9.47 Å². The van der Waals surface area contributed by atoms with Crippen LogP contribution in [0.25, 0.3) is 10.8 Å². The van der Waals surface area contributed by atoms with Gasteiger partial charge in [0, 0.05) is 5.56 Å². The SMILES string of the molecule is COc1ccc(C(=O)Oc2ccc3ccccc3c2C=NNC(=O)c2ccccc2F)cc1. The first-order valence-electron chi connectivity index (χ1n) is 10.0. The topological polar surface area (TPSA) is 77.0 Å². The fourth-order valence-electron chi connectivity index (χ4n) is 3.24. The molecule has 1 N–H and O–H groups in total. The molecule has 4 aromatic rings. The minimum atomic E-state index is -0.693. The molecule has 0 aliphatic heterocycles. The highest BCUT2D eigenvalue weighted by Crippen LogP contribution is 2.27. The van der Waals surface area contributed by atoms with Crippen LogP contribution in [0.4, 0.5) is 4.39 Å². The van der Waals surface area contributed by atoms with Gasteiger partial charge in [0.25, 0.3) is 5.91 Å². The Labute approximate surface area is 189 Å². The summed E-state index contributed by atoms with van der Waals surface area (Å²) in [5.74, 6) is -1.02. The third-order valence-electron chi connectivity index (χ3n) is 4.94. The van der Waals surface area contributed by atoms with E-state index in [9.17, 15) is 14.0 Å². The summed E-state index contributed by atoms with van der Waals surface area (Å²) >= 11 is 0. The normalized spacial score (nSPS) is 10.8. The van der Waals surface area contributed by atoms with E-state index >= 15 is 0 Å². The van der Waals surface area contributed by atoms with Crippen molar-refractivity contribution in [1.29, 1.82) is 0 Å². The first kappa shape index (κ1) is 21.7. The van der Waals surface area contributed by atoms with Crippen molar-refractivity contribution in [1.82, 2.24) is 5.43 Å². The van der Waals surface area contributed by atoms with Crippen molar-refractivity contribution in [3.63, 3.8) is 0 Å². The zero-order valence-electron chi connectivity index (χ0n) is 17.6. The number of rotatable bonds is 6. The van der Waals surface area contributed by atoms with Crippen LogP contribution in [0.15, 0.2) is 90.0 Å². The van der Waals surface area contributed by atoms with E-state index in [-0.39, 0.29) is 11.3 Å². The summed E-state index contributed by atoms with van der Waals surface area (Å²) in [5.41, 5.74) is 3.02. The summed E-state index contributed by atoms with van der Waals surface area (Å²) in [6.45, 7) is 0. The molecule has 164 valence electrons. The minimum absolute atomic E-state index is 0.126. The number of nitrogens with zero attached hydrogens (tertiary/aromatic N) is 1. The average Bonchev–Trinajstić information content (AvgIpc) is 2.85. The number of fused-ring (bicyclic) bond motifs is 1. The number of halogens is 1. The van der Waals surface area contributed by atoms with Gasteiger partial charge in [0.1, 0.15) is 17.3 Å². The van der Waals surface area contributed by atoms with Crippen LogP contribution in [0, 0.1) is 5.82 Å². The number of nitrogens with one attached hydrogen (secondary N) is 1. The van der Waals surface area contributed by atoms with E-state index in [0.29, 0.717) is 16.9 Å². The molecule has 4 rings (SSSR count). The number of amides is 1. The first-order valence-corrected chi connectivity index (χ1v) is 10.0. The van der Waals surface area contributed by atoms with E-state index in [0.717, 1.165) is 10.8 Å². The van der Waals surface area contributed by atoms with Gasteiger partial charge in [-0.1, -0.05) is 42.5 Å². The summed E-state index contributed by atoms with van der Waals surface area (Å²) in [7, 11) is 1.54. The molecule has 0 aromatic heterocycles. The number of hydrogen-bond acceptors (Lipinski definition) is 5. The lowest BCUT2D eigenvalue weighted by atomic mass is 10.0. The Morgan fingerprint density at radius 3 is 2.39 bits per heavy atom. The maximum Gasteiger partial charge on any atom is 0.343 e. The van der Waals surface area contributed by atoms with E-state index in [1.54, 1.807) is 43.5 Å². The molecule has 0 aliphatic carbocycles. The Hall–Kier alpha value is -4.52. The maximum atomic E-state index is 13.8. The first-order chi connectivity index (χ1) is 16.1. The van der Waals surface area contributed by atoms with E-state index in [2.05, 4.69) is 10.5 Å². The number of carbonyl (C=O) groups excluding carboxylic acids is 2. The van der Waals surface area contributed by atoms with Gasteiger partial charge in [0.15, 0.2) is 0 Å². The third-order valence-corrected chi connectivity index (χ3v) is 4.94. The number of carbonyl (C=O) groups is 2. The second-order valence-corrected chi connectivity index (χ2v) is 7.00. The molecule has 33 heavy (non-hydrogen) atoms. The number of methoxy groups -OCH3 is 1. The molecule has 0 heterocycles. The molecular weight excluding hydrogens is 423 g/mol. The van der Waals surface area contributed by atoms with Gasteiger partial charge in [-0.15, -0.1) is 0 Å². The largest absolute Gasteiger partial charge is 0.497 e. The van der Waals surface area contributed by atoms with Crippen LogP contribution in [0.2, 0.25) is 0 Å². The van der Waals surface area contributed by atoms with E-state index < -0.39 is 17.7 Å². The molecule has 0 fully saturated rings. The molecule has 7 heteroatoms. The van der Waals surface area contributed by atoms with Crippen LogP contribution in [0.3, 0.4) is 0 Å². The Kier molecular flexibility index (Phi) is 6.40. The standard InChI is InChI=1S/C26H19FN2O4/c1-32-19-13-10-18(11-14-19)26(31)33-24-15-12-17-6-2-3-7-20(17)22(24)16-28-29-25(30)21-8-4-5-9-23(21)27/h2-16H,1H3,(H,29,30). The van der Waals surface area contributed by atoms with E-state index in [1.165, 1.54) is 24.4 Å². The number of benzene rings is 4. The van der Waals surface area contributed by atoms with Crippen molar-refractivity contribution < 1.29 is 23.5 Å². The number of ether oxygens (including phenoxy) is 2. The fraction of sp³-hybridized carbons (Fsp3) is 0.0385. The Morgan fingerprint density at radius 2 is 1.64 bits per heavy atom. The lowest BCUT2D eigenvalue weighted by Crippen LogP contribution is -2.19. The number of hydrogen-bond donors (Lipinski definition) is 1. The molecule has 0 aliphatic rings. The van der Waals surface area contributed by atoms with E-state index in [1.807, 2.05) is 30.3 Å². The van der Waals surface area contributed by atoms with Gasteiger partial charge in [-0.3, -0.25) is 4.79 Å². The van der Waals surface area contributed by atoms with Crippen molar-refractivity contribution in [2.24, 2.45) is 5.10 Å². The summed E-state index contributed by atoms with van der Waals surface area (Å²) in [6, 6.07) is 23.1. The Bertz CT molecular complexity index is 1350. The van der Waals surface area contributed by atoms with Crippen LogP contribution >= 0.6 is 0 Å². The van der Waals surface area contributed by atoms with Crippen molar-refractivity contribution in [3.8, 4) is 11.5 Å². The lowest BCUT2D eigenvalue weighted by molar-refractivity contribution is 0.0734. The van der Waals surface area contributed by atoms with Gasteiger partial charge in [-0.05, 0) is 53.2 Å². The molecule has 0 unspecified atom stereocenters. The molecule has 0 atom stereocenters. The van der Waals surface area contributed by atoms with Gasteiger partial charge in [0.05, 0.1) is 24.5 Å². The predicted octanol–water partition coefficient (Wildman–Crippen LogP) is 4.97. The molecule has 1 amide bonds. The van der Waals surface area contributed by atoms with Gasteiger partial charge in [-0.25, -0.2) is 14.6 Å². The summed E-state index contributed by atoms with van der Waals surface area (Å²) in [4.78, 5) is 24.9. The highest BCUT2D eigenvalue weighted by molar-refractivity contribution is 6.04. The number of esters is 1. The van der Waals surface area contributed by atoms with Crippen molar-refractivity contribution in [2.45, 2.75) is 0 Å². The lowest BCUT2D eigenvalue weighted by Gasteiger charge is -2.11.